The number of para-hydroxylation sites is 2. The highest BCUT2D eigenvalue weighted by molar-refractivity contribution is 5.61. The van der Waals surface area contributed by atoms with Crippen LogP contribution in [0.5, 0.6) is 0 Å². The van der Waals surface area contributed by atoms with Crippen LogP contribution in [0.15, 0.2) is 60.7 Å². The number of nitro benzene ring substituents is 1. The fourth-order valence-electron chi connectivity index (χ4n) is 3.77. The number of allylic oxidation sites excluding steroid dienone is 2. The van der Waals surface area contributed by atoms with E-state index in [9.17, 15) is 10.1 Å². The van der Waals surface area contributed by atoms with Crippen molar-refractivity contribution in [1.82, 2.24) is 0 Å². The Bertz CT molecular complexity index is 769. The van der Waals surface area contributed by atoms with Crippen LogP contribution in [0.2, 0.25) is 0 Å². The van der Waals surface area contributed by atoms with Crippen LogP contribution in [0.3, 0.4) is 0 Å². The van der Waals surface area contributed by atoms with Gasteiger partial charge in [0.1, 0.15) is 0 Å². The number of nitro groups is 1. The minimum Gasteiger partial charge on any atom is -0.377 e. The van der Waals surface area contributed by atoms with E-state index in [-0.39, 0.29) is 16.7 Å². The van der Waals surface area contributed by atoms with Crippen LogP contribution in [-0.4, -0.2) is 4.92 Å². The van der Waals surface area contributed by atoms with Crippen molar-refractivity contribution in [3.8, 4) is 0 Å². The van der Waals surface area contributed by atoms with E-state index < -0.39 is 0 Å². The molecule has 1 aliphatic heterocycles. The summed E-state index contributed by atoms with van der Waals surface area (Å²) in [4.78, 5) is 11.1. The average Bonchev–Trinajstić information content (AvgIpc) is 3.04. The third-order valence-corrected chi connectivity index (χ3v) is 4.74. The Hall–Kier alpha value is -2.62. The standard InChI is InChI=1S/C18H16N2O2/c21-20(22)17-11-4-2-7-15(17)18-14-9-5-8-12(14)13-6-1-3-10-16(13)19-18/h1-8,10-12,14,18-19H,9H2/t12-,14-,18+/m1/s1. The van der Waals surface area contributed by atoms with Gasteiger partial charge in [-0.25, -0.2) is 0 Å². The first-order chi connectivity index (χ1) is 10.8. The lowest BCUT2D eigenvalue weighted by Crippen LogP contribution is -2.29. The van der Waals surface area contributed by atoms with E-state index >= 15 is 0 Å². The van der Waals surface area contributed by atoms with E-state index in [2.05, 4.69) is 35.7 Å². The summed E-state index contributed by atoms with van der Waals surface area (Å²) in [5.41, 5.74) is 3.35. The van der Waals surface area contributed by atoms with Gasteiger partial charge in [0.05, 0.1) is 16.5 Å². The summed E-state index contributed by atoms with van der Waals surface area (Å²) < 4.78 is 0. The van der Waals surface area contributed by atoms with Crippen molar-refractivity contribution in [2.75, 3.05) is 5.32 Å². The molecule has 2 aliphatic rings. The van der Waals surface area contributed by atoms with Gasteiger partial charge in [-0.1, -0.05) is 48.6 Å². The zero-order valence-corrected chi connectivity index (χ0v) is 12.0. The Morgan fingerprint density at radius 2 is 1.77 bits per heavy atom. The molecule has 0 amide bonds. The van der Waals surface area contributed by atoms with Crippen LogP contribution in [0.4, 0.5) is 11.4 Å². The van der Waals surface area contributed by atoms with Gasteiger partial charge < -0.3 is 5.32 Å². The molecule has 0 aromatic heterocycles. The molecule has 110 valence electrons. The molecule has 1 heterocycles. The molecule has 2 aromatic rings. The quantitative estimate of drug-likeness (QED) is 0.506. The van der Waals surface area contributed by atoms with E-state index in [0.717, 1.165) is 17.7 Å². The van der Waals surface area contributed by atoms with Gasteiger partial charge in [0, 0.05) is 17.7 Å². The zero-order valence-electron chi connectivity index (χ0n) is 12.0. The van der Waals surface area contributed by atoms with E-state index in [0.29, 0.717) is 11.8 Å². The number of rotatable bonds is 2. The monoisotopic (exact) mass is 292 g/mol. The molecular weight excluding hydrogens is 276 g/mol. The molecule has 0 fully saturated rings. The second kappa shape index (κ2) is 4.98. The Morgan fingerprint density at radius 3 is 2.59 bits per heavy atom. The highest BCUT2D eigenvalue weighted by atomic mass is 16.6. The molecule has 0 bridgehead atoms. The van der Waals surface area contributed by atoms with Crippen molar-refractivity contribution in [1.29, 1.82) is 0 Å². The van der Waals surface area contributed by atoms with Crippen LogP contribution in [0.1, 0.15) is 29.5 Å². The lowest BCUT2D eigenvalue weighted by molar-refractivity contribution is -0.385. The molecule has 4 heteroatoms. The zero-order chi connectivity index (χ0) is 15.1. The van der Waals surface area contributed by atoms with Crippen molar-refractivity contribution in [3.05, 3.63) is 81.9 Å². The maximum atomic E-state index is 11.4. The number of benzene rings is 2. The normalized spacial score (nSPS) is 25.2. The topological polar surface area (TPSA) is 55.2 Å². The lowest BCUT2D eigenvalue weighted by atomic mass is 9.77. The largest absolute Gasteiger partial charge is 0.377 e. The number of fused-ring (bicyclic) bond motifs is 3. The predicted molar refractivity (Wildman–Crippen MR) is 85.9 cm³/mol. The summed E-state index contributed by atoms with van der Waals surface area (Å²) in [6, 6.07) is 15.3. The van der Waals surface area contributed by atoms with Gasteiger partial charge in [-0.15, -0.1) is 0 Å². The summed E-state index contributed by atoms with van der Waals surface area (Å²) in [5, 5.41) is 14.9. The number of nitrogens with zero attached hydrogens (tertiary/aromatic N) is 1. The minimum atomic E-state index is -0.283. The van der Waals surface area contributed by atoms with Gasteiger partial charge in [0.2, 0.25) is 0 Å². The van der Waals surface area contributed by atoms with Gasteiger partial charge in [-0.2, -0.15) is 0 Å². The first-order valence-corrected chi connectivity index (χ1v) is 7.51. The summed E-state index contributed by atoms with van der Waals surface area (Å²) >= 11 is 0. The second-order valence-electron chi connectivity index (χ2n) is 5.88. The van der Waals surface area contributed by atoms with Crippen LogP contribution in [0.25, 0.3) is 0 Å². The van der Waals surface area contributed by atoms with E-state index in [4.69, 9.17) is 0 Å². The Morgan fingerprint density at radius 1 is 1.05 bits per heavy atom. The molecule has 0 saturated heterocycles. The van der Waals surface area contributed by atoms with Crippen LogP contribution >= 0.6 is 0 Å². The second-order valence-corrected chi connectivity index (χ2v) is 5.88. The number of nitrogens with one attached hydrogen (secondary N) is 1. The molecule has 0 spiro atoms. The lowest BCUT2D eigenvalue weighted by Gasteiger charge is -2.37. The Labute approximate surface area is 128 Å². The smallest absolute Gasteiger partial charge is 0.274 e. The van der Waals surface area contributed by atoms with Crippen LogP contribution in [0, 0.1) is 16.0 Å². The molecule has 2 aromatic carbocycles. The number of anilines is 1. The van der Waals surface area contributed by atoms with E-state index in [1.165, 1.54) is 5.56 Å². The SMILES string of the molecule is O=[N+]([O-])c1ccccc1[C@H]1Nc2ccccc2[C@H]2C=CC[C@H]21. The fourth-order valence-corrected chi connectivity index (χ4v) is 3.77. The number of hydrogen-bond acceptors (Lipinski definition) is 3. The molecule has 22 heavy (non-hydrogen) atoms. The van der Waals surface area contributed by atoms with Gasteiger partial charge in [-0.3, -0.25) is 10.1 Å². The first-order valence-electron chi connectivity index (χ1n) is 7.51. The third kappa shape index (κ3) is 1.91. The summed E-state index contributed by atoms with van der Waals surface area (Å²) in [6.45, 7) is 0. The van der Waals surface area contributed by atoms with Gasteiger partial charge in [-0.05, 0) is 24.0 Å². The van der Waals surface area contributed by atoms with Crippen LogP contribution in [-0.2, 0) is 0 Å². The molecule has 4 nitrogen and oxygen atoms in total. The van der Waals surface area contributed by atoms with Crippen molar-refractivity contribution in [3.63, 3.8) is 0 Å². The minimum absolute atomic E-state index is 0.0310. The fraction of sp³-hybridized carbons (Fsp3) is 0.222. The first kappa shape index (κ1) is 13.1. The molecule has 0 unspecified atom stereocenters. The molecule has 0 radical (unpaired) electrons. The van der Waals surface area contributed by atoms with Crippen molar-refractivity contribution in [2.45, 2.75) is 18.4 Å². The molecule has 1 N–H and O–H groups in total. The summed E-state index contributed by atoms with van der Waals surface area (Å²) in [5.74, 6) is 0.665. The average molecular weight is 292 g/mol. The van der Waals surface area contributed by atoms with E-state index in [1.807, 2.05) is 18.2 Å². The predicted octanol–water partition coefficient (Wildman–Crippen LogP) is 4.42. The van der Waals surface area contributed by atoms with Gasteiger partial charge in [0.25, 0.3) is 5.69 Å². The molecule has 4 rings (SSSR count). The highest BCUT2D eigenvalue weighted by Crippen LogP contribution is 2.50. The van der Waals surface area contributed by atoms with Crippen molar-refractivity contribution >= 4 is 11.4 Å². The van der Waals surface area contributed by atoms with Crippen molar-refractivity contribution < 1.29 is 4.92 Å². The summed E-state index contributed by atoms with van der Waals surface area (Å²) in [7, 11) is 0. The van der Waals surface area contributed by atoms with E-state index in [1.54, 1.807) is 12.1 Å². The highest BCUT2D eigenvalue weighted by Gasteiger charge is 2.39. The number of hydrogen-bond donors (Lipinski definition) is 1. The Kier molecular flexibility index (Phi) is 2.96. The molecule has 1 aliphatic carbocycles. The summed E-state index contributed by atoms with van der Waals surface area (Å²) in [6.07, 6.45) is 5.38. The van der Waals surface area contributed by atoms with Gasteiger partial charge in [0.15, 0.2) is 0 Å². The maximum Gasteiger partial charge on any atom is 0.274 e. The molecule has 0 saturated carbocycles. The van der Waals surface area contributed by atoms with Crippen LogP contribution < -0.4 is 5.32 Å². The molecule has 3 atom stereocenters. The van der Waals surface area contributed by atoms with Crippen molar-refractivity contribution in [2.24, 2.45) is 5.92 Å². The molecular formula is C18H16N2O2. The maximum absolute atomic E-state index is 11.4. The third-order valence-electron chi connectivity index (χ3n) is 4.74. The Balaban J connectivity index is 1.83. The van der Waals surface area contributed by atoms with Gasteiger partial charge >= 0.3 is 0 Å².